The predicted molar refractivity (Wildman–Crippen MR) is 70.4 cm³/mol. The van der Waals surface area contributed by atoms with Crippen molar-refractivity contribution in [1.82, 2.24) is 5.32 Å². The van der Waals surface area contributed by atoms with Crippen LogP contribution in [0.2, 0.25) is 0 Å². The molecule has 1 aromatic rings. The van der Waals surface area contributed by atoms with E-state index in [0.717, 1.165) is 35.6 Å². The number of benzene rings is 1. The minimum atomic E-state index is 0.0488. The number of carbonyl (C=O) groups excluding carboxylic acids is 1. The second kappa shape index (κ2) is 4.78. The Morgan fingerprint density at radius 3 is 2.59 bits per heavy atom. The van der Waals surface area contributed by atoms with Crippen LogP contribution in [0.1, 0.15) is 35.7 Å². The molecule has 92 valence electrons. The van der Waals surface area contributed by atoms with E-state index in [-0.39, 0.29) is 5.91 Å². The van der Waals surface area contributed by atoms with E-state index in [0.29, 0.717) is 6.04 Å². The molecule has 1 fully saturated rings. The summed E-state index contributed by atoms with van der Waals surface area (Å²) in [6.45, 7) is 4.22. The molecule has 0 unspecified atom stereocenters. The normalized spacial score (nSPS) is 22.8. The van der Waals surface area contributed by atoms with Crippen molar-refractivity contribution in [3.05, 3.63) is 29.3 Å². The molecule has 0 heterocycles. The lowest BCUT2D eigenvalue weighted by molar-refractivity contribution is 0.0896. The Balaban J connectivity index is 2.01. The number of hydrogen-bond acceptors (Lipinski definition) is 2. The third-order valence-electron chi connectivity index (χ3n) is 3.47. The average molecular weight is 232 g/mol. The highest BCUT2D eigenvalue weighted by Crippen LogP contribution is 2.26. The third kappa shape index (κ3) is 2.60. The van der Waals surface area contributed by atoms with E-state index in [1.807, 2.05) is 32.2 Å². The maximum atomic E-state index is 12.0. The van der Waals surface area contributed by atoms with E-state index in [4.69, 9.17) is 0 Å². The van der Waals surface area contributed by atoms with Gasteiger partial charge in [0.2, 0.25) is 0 Å². The van der Waals surface area contributed by atoms with Crippen LogP contribution in [0.5, 0.6) is 0 Å². The molecule has 17 heavy (non-hydrogen) atoms. The van der Waals surface area contributed by atoms with Crippen molar-refractivity contribution in [3.8, 4) is 0 Å². The van der Waals surface area contributed by atoms with Gasteiger partial charge in [0, 0.05) is 24.3 Å². The smallest absolute Gasteiger partial charge is 0.251 e. The second-order valence-electron chi connectivity index (χ2n) is 5.03. The minimum absolute atomic E-state index is 0.0488. The second-order valence-corrected chi connectivity index (χ2v) is 5.03. The van der Waals surface area contributed by atoms with Gasteiger partial charge in [-0.2, -0.15) is 0 Å². The first-order chi connectivity index (χ1) is 8.10. The Morgan fingerprint density at radius 2 is 2.06 bits per heavy atom. The zero-order valence-electron chi connectivity index (χ0n) is 10.7. The van der Waals surface area contributed by atoms with Crippen LogP contribution in [-0.2, 0) is 0 Å². The first-order valence-corrected chi connectivity index (χ1v) is 6.19. The summed E-state index contributed by atoms with van der Waals surface area (Å²) < 4.78 is 0. The number of nitrogens with one attached hydrogen (secondary N) is 2. The average Bonchev–Trinajstić information content (AvgIpc) is 2.26. The van der Waals surface area contributed by atoms with Crippen LogP contribution in [0, 0.1) is 12.8 Å². The number of carbonyl (C=O) groups is 1. The lowest BCUT2D eigenvalue weighted by atomic mass is 9.82. The van der Waals surface area contributed by atoms with Gasteiger partial charge >= 0.3 is 0 Å². The summed E-state index contributed by atoms with van der Waals surface area (Å²) in [5, 5.41) is 6.17. The number of rotatable bonds is 3. The molecule has 1 saturated carbocycles. The summed E-state index contributed by atoms with van der Waals surface area (Å²) in [6, 6.07) is 6.13. The Labute approximate surface area is 103 Å². The fraction of sp³-hybridized carbons (Fsp3) is 0.500. The van der Waals surface area contributed by atoms with Crippen LogP contribution in [0.3, 0.4) is 0 Å². The predicted octanol–water partition coefficient (Wildman–Crippen LogP) is 2.57. The van der Waals surface area contributed by atoms with Gasteiger partial charge in [-0.15, -0.1) is 0 Å². The molecule has 0 aliphatic heterocycles. The van der Waals surface area contributed by atoms with Gasteiger partial charge < -0.3 is 10.6 Å². The fourth-order valence-electron chi connectivity index (χ4n) is 2.37. The molecule has 0 radical (unpaired) electrons. The first kappa shape index (κ1) is 12.0. The molecular weight excluding hydrogens is 212 g/mol. The van der Waals surface area contributed by atoms with Gasteiger partial charge in [0.05, 0.1) is 0 Å². The molecule has 2 rings (SSSR count). The van der Waals surface area contributed by atoms with Crippen molar-refractivity contribution in [2.24, 2.45) is 5.92 Å². The van der Waals surface area contributed by atoms with Crippen LogP contribution in [-0.4, -0.2) is 19.0 Å². The fourth-order valence-corrected chi connectivity index (χ4v) is 2.37. The zero-order chi connectivity index (χ0) is 12.4. The minimum Gasteiger partial charge on any atom is -0.388 e. The summed E-state index contributed by atoms with van der Waals surface area (Å²) in [5.41, 5.74) is 2.92. The summed E-state index contributed by atoms with van der Waals surface area (Å²) in [6.07, 6.45) is 2.22. The first-order valence-electron chi connectivity index (χ1n) is 6.19. The topological polar surface area (TPSA) is 41.1 Å². The number of anilines is 1. The van der Waals surface area contributed by atoms with Gasteiger partial charge in [0.15, 0.2) is 0 Å². The van der Waals surface area contributed by atoms with Crippen LogP contribution in [0.15, 0.2) is 18.2 Å². The van der Waals surface area contributed by atoms with Crippen molar-refractivity contribution in [1.29, 1.82) is 0 Å². The van der Waals surface area contributed by atoms with Gasteiger partial charge in [0.1, 0.15) is 0 Å². The molecule has 1 aliphatic carbocycles. The Morgan fingerprint density at radius 1 is 1.35 bits per heavy atom. The molecule has 0 saturated heterocycles. The molecule has 0 bridgehead atoms. The molecule has 1 aliphatic rings. The quantitative estimate of drug-likeness (QED) is 0.841. The largest absolute Gasteiger partial charge is 0.388 e. The summed E-state index contributed by atoms with van der Waals surface area (Å²) in [7, 11) is 1.89. The molecule has 0 atom stereocenters. The summed E-state index contributed by atoms with van der Waals surface area (Å²) in [5.74, 6) is 0.807. The van der Waals surface area contributed by atoms with Gasteiger partial charge in [-0.1, -0.05) is 6.92 Å². The Bertz CT molecular complexity index is 422. The van der Waals surface area contributed by atoms with Crippen molar-refractivity contribution < 1.29 is 4.79 Å². The van der Waals surface area contributed by atoms with E-state index in [9.17, 15) is 4.79 Å². The molecule has 0 aromatic heterocycles. The lowest BCUT2D eigenvalue weighted by Gasteiger charge is -2.33. The van der Waals surface area contributed by atoms with E-state index in [1.165, 1.54) is 0 Å². The standard InChI is InChI=1S/C14H20N2O/c1-9-6-12(7-9)16-14(17)11-4-5-13(15-3)10(2)8-11/h4-5,8-9,12,15H,6-7H2,1-3H3,(H,16,17). The highest BCUT2D eigenvalue weighted by molar-refractivity contribution is 5.95. The lowest BCUT2D eigenvalue weighted by Crippen LogP contribution is -2.43. The maximum Gasteiger partial charge on any atom is 0.251 e. The highest BCUT2D eigenvalue weighted by Gasteiger charge is 2.26. The van der Waals surface area contributed by atoms with Crippen molar-refractivity contribution in [2.45, 2.75) is 32.7 Å². The van der Waals surface area contributed by atoms with Gasteiger partial charge in [-0.05, 0) is 49.4 Å². The van der Waals surface area contributed by atoms with Crippen LogP contribution in [0.4, 0.5) is 5.69 Å². The molecular formula is C14H20N2O. The molecule has 0 spiro atoms. The molecule has 2 N–H and O–H groups in total. The SMILES string of the molecule is CNc1ccc(C(=O)NC2CC(C)C2)cc1C. The summed E-state index contributed by atoms with van der Waals surface area (Å²) in [4.78, 5) is 12.0. The molecule has 1 amide bonds. The van der Waals surface area contributed by atoms with E-state index in [1.54, 1.807) is 0 Å². The van der Waals surface area contributed by atoms with E-state index in [2.05, 4.69) is 17.6 Å². The van der Waals surface area contributed by atoms with E-state index < -0.39 is 0 Å². The number of hydrogen-bond donors (Lipinski definition) is 2. The molecule has 3 nitrogen and oxygen atoms in total. The van der Waals surface area contributed by atoms with Crippen LogP contribution in [0.25, 0.3) is 0 Å². The third-order valence-corrected chi connectivity index (χ3v) is 3.47. The highest BCUT2D eigenvalue weighted by atomic mass is 16.1. The Kier molecular flexibility index (Phi) is 3.36. The van der Waals surface area contributed by atoms with Crippen molar-refractivity contribution in [3.63, 3.8) is 0 Å². The Hall–Kier alpha value is -1.51. The zero-order valence-corrected chi connectivity index (χ0v) is 10.7. The monoisotopic (exact) mass is 232 g/mol. The van der Waals surface area contributed by atoms with Crippen LogP contribution >= 0.6 is 0 Å². The van der Waals surface area contributed by atoms with Gasteiger partial charge in [-0.25, -0.2) is 0 Å². The van der Waals surface area contributed by atoms with Crippen LogP contribution < -0.4 is 10.6 Å². The number of amides is 1. The van der Waals surface area contributed by atoms with Gasteiger partial charge in [0.25, 0.3) is 5.91 Å². The maximum absolute atomic E-state index is 12.0. The van der Waals surface area contributed by atoms with Crippen molar-refractivity contribution >= 4 is 11.6 Å². The molecule has 3 heteroatoms. The summed E-state index contributed by atoms with van der Waals surface area (Å²) >= 11 is 0. The number of aryl methyl sites for hydroxylation is 1. The van der Waals surface area contributed by atoms with Crippen molar-refractivity contribution in [2.75, 3.05) is 12.4 Å². The molecule has 1 aromatic carbocycles. The van der Waals surface area contributed by atoms with E-state index >= 15 is 0 Å². The van der Waals surface area contributed by atoms with Gasteiger partial charge in [-0.3, -0.25) is 4.79 Å².